The van der Waals surface area contributed by atoms with Crippen LogP contribution < -0.4 is 10.6 Å². The molecule has 3 aromatic rings. The highest BCUT2D eigenvalue weighted by molar-refractivity contribution is 7.18. The number of carboxylic acid groups (broad SMARTS) is 1. The first kappa shape index (κ1) is 29.1. The molecular formula is C30H29Cl2N3O5S. The van der Waals surface area contributed by atoms with Gasteiger partial charge in [-0.15, -0.1) is 11.3 Å². The average Bonchev–Trinajstić information content (AvgIpc) is 3.65. The number of halogens is 2. The lowest BCUT2D eigenvalue weighted by Crippen LogP contribution is -2.54. The second-order valence-corrected chi connectivity index (χ2v) is 12.1. The van der Waals surface area contributed by atoms with E-state index in [-0.39, 0.29) is 17.9 Å². The van der Waals surface area contributed by atoms with Gasteiger partial charge in [-0.25, -0.2) is 0 Å². The number of rotatable bonds is 9. The summed E-state index contributed by atoms with van der Waals surface area (Å²) in [6.07, 6.45) is 4.89. The Hall–Kier alpha value is -3.40. The molecule has 1 aliphatic heterocycles. The second kappa shape index (κ2) is 12.2. The highest BCUT2D eigenvalue weighted by Crippen LogP contribution is 2.48. The number of fused-ring (bicyclic) bond motifs is 1. The van der Waals surface area contributed by atoms with E-state index in [4.69, 9.17) is 23.2 Å². The largest absolute Gasteiger partial charge is 0.481 e. The first-order valence-electron chi connectivity index (χ1n) is 13.4. The van der Waals surface area contributed by atoms with Crippen molar-refractivity contribution in [2.45, 2.75) is 49.6 Å². The van der Waals surface area contributed by atoms with Crippen molar-refractivity contribution in [2.24, 2.45) is 0 Å². The highest BCUT2D eigenvalue weighted by atomic mass is 35.5. The van der Waals surface area contributed by atoms with Crippen molar-refractivity contribution in [2.75, 3.05) is 13.1 Å². The molecule has 2 aliphatic rings. The van der Waals surface area contributed by atoms with Gasteiger partial charge < -0.3 is 20.6 Å². The topological polar surface area (TPSA) is 116 Å². The zero-order valence-electron chi connectivity index (χ0n) is 22.1. The van der Waals surface area contributed by atoms with Crippen LogP contribution in [-0.4, -0.2) is 58.9 Å². The third-order valence-electron chi connectivity index (χ3n) is 7.72. The minimum Gasteiger partial charge on any atom is -0.481 e. The normalized spacial score (nSPS) is 17.4. The zero-order chi connectivity index (χ0) is 29.1. The van der Waals surface area contributed by atoms with Crippen molar-refractivity contribution in [1.82, 2.24) is 15.5 Å². The van der Waals surface area contributed by atoms with Gasteiger partial charge >= 0.3 is 5.97 Å². The SMILES string of the molecule is O=C(O)C[C@H](NC(=O)C1(c2ccccc2)CC1)C(=O)NC1CCN(C(=O)/C=C/c2cc3ccsc3c(Cl)c2Cl)CC1. The van der Waals surface area contributed by atoms with Crippen molar-refractivity contribution >= 4 is 74.4 Å². The predicted molar refractivity (Wildman–Crippen MR) is 160 cm³/mol. The Morgan fingerprint density at radius 2 is 1.78 bits per heavy atom. The quantitative estimate of drug-likeness (QED) is 0.293. The van der Waals surface area contributed by atoms with E-state index in [1.54, 1.807) is 11.0 Å². The molecule has 8 nitrogen and oxygen atoms in total. The molecule has 2 heterocycles. The lowest BCUT2D eigenvalue weighted by atomic mass is 9.94. The Labute approximate surface area is 251 Å². The number of likely N-dealkylation sites (tertiary alicyclic amines) is 1. The molecule has 2 aromatic carbocycles. The van der Waals surface area contributed by atoms with Crippen LogP contribution in [0.2, 0.25) is 10.0 Å². The summed E-state index contributed by atoms with van der Waals surface area (Å²) in [5.74, 6) is -2.23. The number of hydrogen-bond donors (Lipinski definition) is 3. The van der Waals surface area contributed by atoms with E-state index in [2.05, 4.69) is 10.6 Å². The molecule has 3 N–H and O–H groups in total. The van der Waals surface area contributed by atoms with Crippen LogP contribution in [0.4, 0.5) is 0 Å². The lowest BCUT2D eigenvalue weighted by Gasteiger charge is -2.32. The molecule has 0 unspecified atom stereocenters. The van der Waals surface area contributed by atoms with E-state index in [1.807, 2.05) is 47.8 Å². The van der Waals surface area contributed by atoms with E-state index in [0.29, 0.717) is 54.4 Å². The molecule has 1 saturated carbocycles. The Balaban J connectivity index is 1.16. The number of carbonyl (C=O) groups excluding carboxylic acids is 3. The fourth-order valence-corrected chi connectivity index (χ4v) is 6.65. The summed E-state index contributed by atoms with van der Waals surface area (Å²) in [6, 6.07) is 11.7. The van der Waals surface area contributed by atoms with E-state index < -0.39 is 29.8 Å². The van der Waals surface area contributed by atoms with Gasteiger partial charge in [0.15, 0.2) is 0 Å². The number of benzene rings is 2. The van der Waals surface area contributed by atoms with Crippen LogP contribution in [0.1, 0.15) is 43.2 Å². The van der Waals surface area contributed by atoms with Crippen LogP contribution in [0.3, 0.4) is 0 Å². The summed E-state index contributed by atoms with van der Waals surface area (Å²) in [5.41, 5.74) is 0.794. The molecule has 5 rings (SSSR count). The Morgan fingerprint density at radius 1 is 1.07 bits per heavy atom. The summed E-state index contributed by atoms with van der Waals surface area (Å²) in [7, 11) is 0. The van der Waals surface area contributed by atoms with Crippen LogP contribution in [0.5, 0.6) is 0 Å². The number of aliphatic carboxylic acids is 1. The van der Waals surface area contributed by atoms with Gasteiger partial charge in [0.25, 0.3) is 0 Å². The van der Waals surface area contributed by atoms with Crippen LogP contribution >= 0.6 is 34.5 Å². The van der Waals surface area contributed by atoms with Crippen molar-refractivity contribution in [3.63, 3.8) is 0 Å². The summed E-state index contributed by atoms with van der Waals surface area (Å²) in [6.45, 7) is 0.832. The maximum absolute atomic E-state index is 13.1. The minimum absolute atomic E-state index is 0.181. The van der Waals surface area contributed by atoms with Crippen molar-refractivity contribution < 1.29 is 24.3 Å². The molecule has 11 heteroatoms. The van der Waals surface area contributed by atoms with Crippen molar-refractivity contribution in [1.29, 1.82) is 0 Å². The lowest BCUT2D eigenvalue weighted by molar-refractivity contribution is -0.141. The first-order valence-corrected chi connectivity index (χ1v) is 15.0. The summed E-state index contributed by atoms with van der Waals surface area (Å²) >= 11 is 14.3. The predicted octanol–water partition coefficient (Wildman–Crippen LogP) is 5.02. The van der Waals surface area contributed by atoms with Crippen LogP contribution in [-0.2, 0) is 24.6 Å². The van der Waals surface area contributed by atoms with Gasteiger partial charge in [-0.3, -0.25) is 19.2 Å². The smallest absolute Gasteiger partial charge is 0.305 e. The number of carbonyl (C=O) groups is 4. The summed E-state index contributed by atoms with van der Waals surface area (Å²) in [4.78, 5) is 52.2. The molecule has 1 aromatic heterocycles. The van der Waals surface area contributed by atoms with Gasteiger partial charge in [0.2, 0.25) is 17.7 Å². The second-order valence-electron chi connectivity index (χ2n) is 10.4. The molecule has 41 heavy (non-hydrogen) atoms. The number of carboxylic acids is 1. The van der Waals surface area contributed by atoms with Gasteiger partial charge in [-0.2, -0.15) is 0 Å². The van der Waals surface area contributed by atoms with E-state index in [1.165, 1.54) is 17.4 Å². The number of hydrogen-bond acceptors (Lipinski definition) is 5. The molecule has 2 fully saturated rings. The molecule has 0 bridgehead atoms. The molecule has 1 saturated heterocycles. The molecule has 1 atom stereocenters. The van der Waals surface area contributed by atoms with Crippen molar-refractivity contribution in [3.05, 3.63) is 75.1 Å². The van der Waals surface area contributed by atoms with Crippen LogP contribution in [0.25, 0.3) is 16.2 Å². The van der Waals surface area contributed by atoms with Gasteiger partial charge in [-0.1, -0.05) is 53.5 Å². The maximum Gasteiger partial charge on any atom is 0.305 e. The monoisotopic (exact) mass is 613 g/mol. The molecular weight excluding hydrogens is 585 g/mol. The highest BCUT2D eigenvalue weighted by Gasteiger charge is 2.52. The fraction of sp³-hybridized carbons (Fsp3) is 0.333. The number of amides is 3. The molecule has 214 valence electrons. The fourth-order valence-electron chi connectivity index (χ4n) is 5.21. The third kappa shape index (κ3) is 6.42. The van der Waals surface area contributed by atoms with E-state index in [9.17, 15) is 24.3 Å². The maximum atomic E-state index is 13.1. The Bertz CT molecular complexity index is 1510. The van der Waals surface area contributed by atoms with E-state index in [0.717, 1.165) is 15.6 Å². The van der Waals surface area contributed by atoms with Crippen LogP contribution in [0.15, 0.2) is 53.9 Å². The molecule has 0 radical (unpaired) electrons. The molecule has 0 spiro atoms. The minimum atomic E-state index is -1.19. The number of nitrogens with zero attached hydrogens (tertiary/aromatic N) is 1. The summed E-state index contributed by atoms with van der Waals surface area (Å²) < 4.78 is 0.901. The zero-order valence-corrected chi connectivity index (χ0v) is 24.4. The number of thiophene rings is 1. The number of piperidine rings is 1. The Kier molecular flexibility index (Phi) is 8.68. The number of nitrogens with one attached hydrogen (secondary N) is 2. The van der Waals surface area contributed by atoms with Gasteiger partial charge in [0.05, 0.1) is 26.6 Å². The Morgan fingerprint density at radius 3 is 2.44 bits per heavy atom. The van der Waals surface area contributed by atoms with Gasteiger partial charge in [0.1, 0.15) is 6.04 Å². The van der Waals surface area contributed by atoms with Gasteiger partial charge in [-0.05, 0) is 65.8 Å². The van der Waals surface area contributed by atoms with E-state index >= 15 is 0 Å². The average molecular weight is 615 g/mol. The van der Waals surface area contributed by atoms with Crippen LogP contribution in [0, 0.1) is 0 Å². The molecule has 3 amide bonds. The first-order chi connectivity index (χ1) is 19.7. The standard InChI is InChI=1S/C30H29Cl2N3O5S/c31-25-18(16-19-10-15-41-27(19)26(25)32)6-7-23(36)35-13-8-21(9-14-35)33-28(39)22(17-24(37)38)34-29(40)30(11-12-30)20-4-2-1-3-5-20/h1-7,10,15-16,21-22H,8-9,11-14,17H2,(H,33,39)(H,34,40)(H,37,38)/b7-6+/t22-/m0/s1. The molecule has 1 aliphatic carbocycles. The third-order valence-corrected chi connectivity index (χ3v) is 9.66. The van der Waals surface area contributed by atoms with Crippen molar-refractivity contribution in [3.8, 4) is 0 Å². The summed E-state index contributed by atoms with van der Waals surface area (Å²) in [5, 5.41) is 18.7. The van der Waals surface area contributed by atoms with Gasteiger partial charge in [0, 0.05) is 25.2 Å².